The Bertz CT molecular complexity index is 836. The first-order valence-corrected chi connectivity index (χ1v) is 10.2. The maximum absolute atomic E-state index is 13.2. The lowest BCUT2D eigenvalue weighted by Gasteiger charge is -2.35. The maximum Gasteiger partial charge on any atom is 0.252 e. The molecule has 0 aliphatic carbocycles. The summed E-state index contributed by atoms with van der Waals surface area (Å²) >= 11 is 0. The molecule has 1 aromatic heterocycles. The number of imidazole rings is 1. The fourth-order valence-corrected chi connectivity index (χ4v) is 3.74. The molecule has 0 bridgehead atoms. The molecule has 0 saturated carbocycles. The van der Waals surface area contributed by atoms with Crippen LogP contribution in [0.2, 0.25) is 0 Å². The molecule has 1 N–H and O–H groups in total. The molecule has 1 unspecified atom stereocenters. The van der Waals surface area contributed by atoms with Crippen LogP contribution in [0, 0.1) is 5.92 Å². The van der Waals surface area contributed by atoms with Crippen LogP contribution in [0.25, 0.3) is 0 Å². The third-order valence-corrected chi connectivity index (χ3v) is 5.56. The van der Waals surface area contributed by atoms with Crippen LogP contribution in [0.3, 0.4) is 0 Å². The smallest absolute Gasteiger partial charge is 0.252 e. The monoisotopic (exact) mass is 414 g/mol. The molecule has 1 saturated heterocycles. The topological polar surface area (TPSA) is 85.7 Å². The molecule has 1 aliphatic heterocycles. The number of hydrogen-bond donors (Lipinski definition) is 1. The molecule has 162 valence electrons. The van der Waals surface area contributed by atoms with Crippen molar-refractivity contribution in [3.8, 4) is 11.5 Å². The van der Waals surface area contributed by atoms with E-state index in [0.717, 1.165) is 12.8 Å². The van der Waals surface area contributed by atoms with Gasteiger partial charge < -0.3 is 24.3 Å². The maximum atomic E-state index is 13.2. The van der Waals surface area contributed by atoms with E-state index in [4.69, 9.17) is 9.47 Å². The molecule has 2 heterocycles. The zero-order chi connectivity index (χ0) is 21.7. The van der Waals surface area contributed by atoms with E-state index in [-0.39, 0.29) is 17.7 Å². The molecule has 1 fully saturated rings. The van der Waals surface area contributed by atoms with E-state index in [1.54, 1.807) is 24.4 Å². The number of hydrogen-bond acceptors (Lipinski definition) is 5. The van der Waals surface area contributed by atoms with Crippen molar-refractivity contribution in [2.24, 2.45) is 5.92 Å². The molecule has 8 nitrogen and oxygen atoms in total. The van der Waals surface area contributed by atoms with Gasteiger partial charge in [-0.2, -0.15) is 0 Å². The van der Waals surface area contributed by atoms with Gasteiger partial charge in [0.2, 0.25) is 5.91 Å². The molecular formula is C22H30N4O4. The van der Waals surface area contributed by atoms with Gasteiger partial charge in [0.15, 0.2) is 0 Å². The number of aromatic nitrogens is 2. The number of amides is 2. The lowest BCUT2D eigenvalue weighted by Crippen LogP contribution is -2.53. The van der Waals surface area contributed by atoms with Gasteiger partial charge in [0, 0.05) is 43.2 Å². The van der Waals surface area contributed by atoms with E-state index >= 15 is 0 Å². The highest BCUT2D eigenvalue weighted by Crippen LogP contribution is 2.24. The quantitative estimate of drug-likeness (QED) is 0.752. The average molecular weight is 415 g/mol. The molecule has 0 spiro atoms. The summed E-state index contributed by atoms with van der Waals surface area (Å²) in [5.74, 6) is 0.632. The second kappa shape index (κ2) is 9.65. The van der Waals surface area contributed by atoms with Crippen molar-refractivity contribution < 1.29 is 19.1 Å². The van der Waals surface area contributed by atoms with Gasteiger partial charge in [-0.25, -0.2) is 4.98 Å². The molecule has 2 amide bonds. The van der Waals surface area contributed by atoms with Crippen molar-refractivity contribution >= 4 is 11.8 Å². The minimum atomic E-state index is -0.598. The largest absolute Gasteiger partial charge is 0.497 e. The van der Waals surface area contributed by atoms with Gasteiger partial charge in [-0.15, -0.1) is 0 Å². The van der Waals surface area contributed by atoms with Crippen LogP contribution < -0.4 is 14.8 Å². The van der Waals surface area contributed by atoms with Crippen LogP contribution in [0.4, 0.5) is 0 Å². The molecule has 1 atom stereocenters. The average Bonchev–Trinajstić information content (AvgIpc) is 3.31. The van der Waals surface area contributed by atoms with E-state index in [1.165, 1.54) is 14.2 Å². The predicted molar refractivity (Wildman–Crippen MR) is 113 cm³/mol. The Balaban J connectivity index is 1.67. The first-order chi connectivity index (χ1) is 14.4. The first kappa shape index (κ1) is 21.7. The zero-order valence-electron chi connectivity index (χ0n) is 18.0. The van der Waals surface area contributed by atoms with Crippen molar-refractivity contribution in [1.82, 2.24) is 19.8 Å². The number of rotatable bonds is 7. The van der Waals surface area contributed by atoms with Crippen molar-refractivity contribution in [3.63, 3.8) is 0 Å². The lowest BCUT2D eigenvalue weighted by molar-refractivity contribution is -0.135. The van der Waals surface area contributed by atoms with Crippen LogP contribution in [0.5, 0.6) is 11.5 Å². The standard InChI is InChI=1S/C22H30N4O4/c1-15(2)20(24-21(27)16-11-18(29-3)13-19(12-16)30-4)22(28)25-8-5-17(6-9-25)26-10-7-23-14-26/h7,10-15,17,20H,5-6,8-9H2,1-4H3,(H,24,27). The Morgan fingerprint density at radius 2 is 1.73 bits per heavy atom. The van der Waals surface area contributed by atoms with E-state index in [2.05, 4.69) is 14.9 Å². The highest BCUT2D eigenvalue weighted by molar-refractivity contribution is 5.98. The Kier molecular flexibility index (Phi) is 6.97. The number of piperidine rings is 1. The summed E-state index contributed by atoms with van der Waals surface area (Å²) in [6, 6.07) is 4.73. The molecule has 1 aliphatic rings. The molecule has 1 aromatic carbocycles. The summed E-state index contributed by atoms with van der Waals surface area (Å²) in [5.41, 5.74) is 0.392. The SMILES string of the molecule is COc1cc(OC)cc(C(=O)NC(C(=O)N2CCC(n3ccnc3)CC2)C(C)C)c1. The van der Waals surface area contributed by atoms with Gasteiger partial charge in [0.05, 0.1) is 20.5 Å². The van der Waals surface area contributed by atoms with E-state index in [9.17, 15) is 9.59 Å². The molecule has 0 radical (unpaired) electrons. The highest BCUT2D eigenvalue weighted by Gasteiger charge is 2.32. The summed E-state index contributed by atoms with van der Waals surface area (Å²) in [6.07, 6.45) is 7.29. The van der Waals surface area contributed by atoms with Gasteiger partial charge >= 0.3 is 0 Å². The molecule has 2 aromatic rings. The van der Waals surface area contributed by atoms with Crippen molar-refractivity contribution in [3.05, 3.63) is 42.5 Å². The number of methoxy groups -OCH3 is 2. The fourth-order valence-electron chi connectivity index (χ4n) is 3.74. The summed E-state index contributed by atoms with van der Waals surface area (Å²) in [5, 5.41) is 2.91. The summed E-state index contributed by atoms with van der Waals surface area (Å²) in [4.78, 5) is 32.0. The van der Waals surface area contributed by atoms with Crippen molar-refractivity contribution in [1.29, 1.82) is 0 Å². The number of carbonyl (C=O) groups excluding carboxylic acids is 2. The molecular weight excluding hydrogens is 384 g/mol. The van der Waals surface area contributed by atoms with Crippen molar-refractivity contribution in [2.45, 2.75) is 38.8 Å². The minimum Gasteiger partial charge on any atom is -0.497 e. The Labute approximate surface area is 177 Å². The van der Waals surface area contributed by atoms with Crippen LogP contribution in [-0.4, -0.2) is 59.6 Å². The third-order valence-electron chi connectivity index (χ3n) is 5.56. The number of likely N-dealkylation sites (tertiary alicyclic amines) is 1. The van der Waals surface area contributed by atoms with Gasteiger partial charge in [0.1, 0.15) is 17.5 Å². The highest BCUT2D eigenvalue weighted by atomic mass is 16.5. The Hall–Kier alpha value is -3.03. The van der Waals surface area contributed by atoms with E-state index < -0.39 is 6.04 Å². The minimum absolute atomic E-state index is 0.0414. The molecule has 8 heteroatoms. The second-order valence-corrected chi connectivity index (χ2v) is 7.86. The number of carbonyl (C=O) groups is 2. The number of benzene rings is 1. The van der Waals surface area contributed by atoms with Gasteiger partial charge in [-0.3, -0.25) is 9.59 Å². The second-order valence-electron chi connectivity index (χ2n) is 7.86. The molecule has 3 rings (SSSR count). The fraction of sp³-hybridized carbons (Fsp3) is 0.500. The van der Waals surface area contributed by atoms with Crippen molar-refractivity contribution in [2.75, 3.05) is 27.3 Å². The molecule has 30 heavy (non-hydrogen) atoms. The normalized spacial score (nSPS) is 15.7. The van der Waals surface area contributed by atoms with Gasteiger partial charge in [0.25, 0.3) is 5.91 Å². The van der Waals surface area contributed by atoms with Crippen LogP contribution in [-0.2, 0) is 4.79 Å². The number of ether oxygens (including phenoxy) is 2. The van der Waals surface area contributed by atoms with Crippen LogP contribution >= 0.6 is 0 Å². The zero-order valence-corrected chi connectivity index (χ0v) is 18.0. The summed E-state index contributed by atoms with van der Waals surface area (Å²) in [6.45, 7) is 5.20. The predicted octanol–water partition coefficient (Wildman–Crippen LogP) is 2.52. The van der Waals surface area contributed by atoms with E-state index in [1.807, 2.05) is 31.3 Å². The first-order valence-electron chi connectivity index (χ1n) is 10.2. The third kappa shape index (κ3) is 4.93. The van der Waals surface area contributed by atoms with E-state index in [0.29, 0.717) is 36.2 Å². The Morgan fingerprint density at radius 1 is 1.10 bits per heavy atom. The summed E-state index contributed by atoms with van der Waals surface area (Å²) in [7, 11) is 3.06. The lowest BCUT2D eigenvalue weighted by atomic mass is 9.99. The number of nitrogens with one attached hydrogen (secondary N) is 1. The Morgan fingerprint density at radius 3 is 2.23 bits per heavy atom. The van der Waals surface area contributed by atoms with Crippen LogP contribution in [0.1, 0.15) is 43.1 Å². The van der Waals surface area contributed by atoms with Gasteiger partial charge in [-0.1, -0.05) is 13.8 Å². The summed E-state index contributed by atoms with van der Waals surface area (Å²) < 4.78 is 12.6. The number of nitrogens with zero attached hydrogens (tertiary/aromatic N) is 3. The van der Waals surface area contributed by atoms with Crippen LogP contribution in [0.15, 0.2) is 36.9 Å². The van der Waals surface area contributed by atoms with Gasteiger partial charge in [-0.05, 0) is 30.9 Å².